The molecular weight excluding hydrogens is 436 g/mol. The first-order valence-corrected chi connectivity index (χ1v) is 12.6. The normalized spacial score (nSPS) is 15.5. The summed E-state index contributed by atoms with van der Waals surface area (Å²) in [5, 5.41) is 8.21. The Morgan fingerprint density at radius 2 is 2.00 bits per heavy atom. The molecule has 1 fully saturated rings. The van der Waals surface area contributed by atoms with Crippen molar-refractivity contribution in [2.45, 2.75) is 59.0 Å². The molecule has 0 unspecified atom stereocenters. The van der Waals surface area contributed by atoms with Crippen molar-refractivity contribution in [3.8, 4) is 0 Å². The Labute approximate surface area is 198 Å². The van der Waals surface area contributed by atoms with Crippen molar-refractivity contribution < 1.29 is 4.79 Å². The van der Waals surface area contributed by atoms with E-state index in [2.05, 4.69) is 39.8 Å². The first-order chi connectivity index (χ1) is 15.8. The number of aryl methyl sites for hydroxylation is 2. The van der Waals surface area contributed by atoms with Crippen molar-refractivity contribution in [1.82, 2.24) is 29.4 Å². The molecule has 1 aliphatic heterocycles. The Balaban J connectivity index is 1.67. The number of aromatic amines is 1. The molecule has 4 heterocycles. The zero-order valence-electron chi connectivity index (χ0n) is 19.9. The number of carbonyl (C=O) groups excluding carboxylic acids is 1. The van der Waals surface area contributed by atoms with Crippen LogP contribution in [0, 0.1) is 13.8 Å². The number of piperidine rings is 1. The number of fused-ring (bicyclic) bond motifs is 1. The fourth-order valence-corrected chi connectivity index (χ4v) is 5.09. The molecule has 0 spiro atoms. The van der Waals surface area contributed by atoms with E-state index in [0.29, 0.717) is 17.0 Å². The van der Waals surface area contributed by atoms with Crippen molar-refractivity contribution in [3.63, 3.8) is 0 Å². The minimum Gasteiger partial charge on any atom is -0.348 e. The number of nitrogens with zero attached hydrogens (tertiary/aromatic N) is 4. The number of amides is 1. The van der Waals surface area contributed by atoms with E-state index in [1.165, 1.54) is 0 Å². The van der Waals surface area contributed by atoms with Crippen LogP contribution in [0.1, 0.15) is 71.5 Å². The van der Waals surface area contributed by atoms with Gasteiger partial charge in [0.2, 0.25) is 0 Å². The quantitative estimate of drug-likeness (QED) is 0.536. The maximum absolute atomic E-state index is 13.3. The number of aromatic nitrogens is 4. The second-order valence-electron chi connectivity index (χ2n) is 9.03. The lowest BCUT2D eigenvalue weighted by molar-refractivity contribution is 0.0952. The molecule has 2 N–H and O–H groups in total. The van der Waals surface area contributed by atoms with Gasteiger partial charge in [-0.15, -0.1) is 0 Å². The van der Waals surface area contributed by atoms with Gasteiger partial charge in [0, 0.05) is 48.5 Å². The maximum atomic E-state index is 13.3. The standard InChI is InChI=1S/C24H32N6O2S/c1-14(2)30-22-20(13-26-30)18(11-21(28-22)17-6-8-29(33-5)9-7-17)23(31)25-12-19-15(3)10-16(4)27-24(19)32/h10-11,13-14,17H,6-9,12H2,1-5H3,(H,25,31)(H,27,32). The van der Waals surface area contributed by atoms with E-state index in [4.69, 9.17) is 4.98 Å². The molecule has 0 saturated carbocycles. The van der Waals surface area contributed by atoms with Crippen LogP contribution in [0.5, 0.6) is 0 Å². The first-order valence-electron chi connectivity index (χ1n) is 11.4. The highest BCUT2D eigenvalue weighted by atomic mass is 32.2. The molecular formula is C24H32N6O2S. The number of hydrogen-bond acceptors (Lipinski definition) is 6. The van der Waals surface area contributed by atoms with Gasteiger partial charge < -0.3 is 10.3 Å². The Bertz CT molecular complexity index is 1220. The van der Waals surface area contributed by atoms with Crippen LogP contribution in [0.2, 0.25) is 0 Å². The number of H-pyrrole nitrogens is 1. The number of rotatable bonds is 6. The summed E-state index contributed by atoms with van der Waals surface area (Å²) in [6, 6.07) is 3.97. The minimum absolute atomic E-state index is 0.133. The summed E-state index contributed by atoms with van der Waals surface area (Å²) in [4.78, 5) is 33.5. The molecule has 4 rings (SSSR count). The van der Waals surface area contributed by atoms with Crippen molar-refractivity contribution in [2.75, 3.05) is 19.3 Å². The Morgan fingerprint density at radius 3 is 2.64 bits per heavy atom. The van der Waals surface area contributed by atoms with Crippen molar-refractivity contribution in [2.24, 2.45) is 0 Å². The monoisotopic (exact) mass is 468 g/mol. The maximum Gasteiger partial charge on any atom is 0.253 e. The smallest absolute Gasteiger partial charge is 0.253 e. The van der Waals surface area contributed by atoms with E-state index < -0.39 is 0 Å². The summed E-state index contributed by atoms with van der Waals surface area (Å²) >= 11 is 1.78. The van der Waals surface area contributed by atoms with Gasteiger partial charge in [-0.1, -0.05) is 11.9 Å². The molecule has 0 atom stereocenters. The van der Waals surface area contributed by atoms with Gasteiger partial charge in [0.25, 0.3) is 11.5 Å². The summed E-state index contributed by atoms with van der Waals surface area (Å²) in [5.74, 6) is 0.0925. The number of pyridine rings is 2. The predicted molar refractivity (Wildman–Crippen MR) is 133 cm³/mol. The molecule has 1 amide bonds. The van der Waals surface area contributed by atoms with Crippen LogP contribution in [0.25, 0.3) is 11.0 Å². The van der Waals surface area contributed by atoms with Gasteiger partial charge >= 0.3 is 0 Å². The van der Waals surface area contributed by atoms with Gasteiger partial charge in [0.05, 0.1) is 17.1 Å². The Morgan fingerprint density at radius 1 is 1.27 bits per heavy atom. The van der Waals surface area contributed by atoms with Crippen LogP contribution in [-0.2, 0) is 6.54 Å². The summed E-state index contributed by atoms with van der Waals surface area (Å²) in [5.41, 5.74) is 4.33. The highest BCUT2D eigenvalue weighted by Crippen LogP contribution is 2.32. The lowest BCUT2D eigenvalue weighted by atomic mass is 9.92. The average molecular weight is 469 g/mol. The van der Waals surface area contributed by atoms with Crippen molar-refractivity contribution >= 4 is 28.9 Å². The third-order valence-corrected chi connectivity index (χ3v) is 7.25. The zero-order chi connectivity index (χ0) is 23.7. The first kappa shape index (κ1) is 23.5. The molecule has 3 aromatic rings. The molecule has 1 aliphatic rings. The highest BCUT2D eigenvalue weighted by molar-refractivity contribution is 7.96. The molecule has 0 radical (unpaired) electrons. The number of hydrogen-bond donors (Lipinski definition) is 2. The van der Waals surface area contributed by atoms with Crippen LogP contribution in [0.4, 0.5) is 0 Å². The lowest BCUT2D eigenvalue weighted by Crippen LogP contribution is -2.29. The third-order valence-electron chi connectivity index (χ3n) is 6.37. The van der Waals surface area contributed by atoms with Gasteiger partial charge in [-0.05, 0) is 64.5 Å². The van der Waals surface area contributed by atoms with Crippen LogP contribution in [-0.4, -0.2) is 49.3 Å². The van der Waals surface area contributed by atoms with Crippen LogP contribution < -0.4 is 10.9 Å². The van der Waals surface area contributed by atoms with Gasteiger partial charge in [-0.3, -0.25) is 13.9 Å². The van der Waals surface area contributed by atoms with E-state index in [0.717, 1.165) is 53.9 Å². The minimum atomic E-state index is -0.215. The fourth-order valence-electron chi connectivity index (χ4n) is 4.51. The summed E-state index contributed by atoms with van der Waals surface area (Å²) in [7, 11) is 0. The summed E-state index contributed by atoms with van der Waals surface area (Å²) < 4.78 is 4.24. The van der Waals surface area contributed by atoms with Crippen LogP contribution in [0.3, 0.4) is 0 Å². The average Bonchev–Trinajstić information content (AvgIpc) is 3.22. The topological polar surface area (TPSA) is 95.9 Å². The molecule has 8 nitrogen and oxygen atoms in total. The van der Waals surface area contributed by atoms with Gasteiger partial charge in [-0.2, -0.15) is 5.10 Å². The van der Waals surface area contributed by atoms with E-state index in [1.54, 1.807) is 18.1 Å². The summed E-state index contributed by atoms with van der Waals surface area (Å²) in [6.07, 6.45) is 5.85. The van der Waals surface area contributed by atoms with Gasteiger partial charge in [0.1, 0.15) is 0 Å². The van der Waals surface area contributed by atoms with E-state index in [9.17, 15) is 9.59 Å². The Kier molecular flexibility index (Phi) is 6.90. The second kappa shape index (κ2) is 9.69. The number of carbonyl (C=O) groups is 1. The zero-order valence-corrected chi connectivity index (χ0v) is 20.8. The van der Waals surface area contributed by atoms with E-state index >= 15 is 0 Å². The Hall–Kier alpha value is -2.65. The van der Waals surface area contributed by atoms with E-state index in [-0.39, 0.29) is 24.1 Å². The molecule has 3 aromatic heterocycles. The molecule has 176 valence electrons. The molecule has 0 aliphatic carbocycles. The molecule has 1 saturated heterocycles. The van der Waals surface area contributed by atoms with Crippen LogP contribution in [0.15, 0.2) is 23.1 Å². The van der Waals surface area contributed by atoms with Crippen molar-refractivity contribution in [1.29, 1.82) is 0 Å². The molecule has 0 aromatic carbocycles. The molecule has 0 bridgehead atoms. The number of nitrogens with one attached hydrogen (secondary N) is 2. The van der Waals surface area contributed by atoms with Crippen LogP contribution >= 0.6 is 11.9 Å². The van der Waals surface area contributed by atoms with Crippen molar-refractivity contribution in [3.05, 3.63) is 56.8 Å². The molecule has 9 heteroatoms. The van der Waals surface area contributed by atoms with Gasteiger partial charge in [-0.25, -0.2) is 9.67 Å². The SMILES string of the molecule is CSN1CCC(c2cc(C(=O)NCc3c(C)cc(C)[nH]c3=O)c3cnn(C(C)C)c3n2)CC1. The lowest BCUT2D eigenvalue weighted by Gasteiger charge is -2.30. The molecule has 33 heavy (non-hydrogen) atoms. The fraction of sp³-hybridized carbons (Fsp3) is 0.500. The third kappa shape index (κ3) is 4.84. The summed E-state index contributed by atoms with van der Waals surface area (Å²) in [6.45, 7) is 10.0. The highest BCUT2D eigenvalue weighted by Gasteiger charge is 2.25. The second-order valence-corrected chi connectivity index (χ2v) is 9.91. The van der Waals surface area contributed by atoms with E-state index in [1.807, 2.05) is 30.7 Å². The van der Waals surface area contributed by atoms with Gasteiger partial charge in [0.15, 0.2) is 5.65 Å². The predicted octanol–water partition coefficient (Wildman–Crippen LogP) is 3.70. The largest absolute Gasteiger partial charge is 0.348 e.